The van der Waals surface area contributed by atoms with Crippen molar-refractivity contribution in [2.24, 2.45) is 5.92 Å². The fourth-order valence-corrected chi connectivity index (χ4v) is 3.75. The Bertz CT molecular complexity index is 1380. The Balaban J connectivity index is 1.32. The van der Waals surface area contributed by atoms with Crippen LogP contribution >= 0.6 is 0 Å². The molecule has 1 aliphatic heterocycles. The van der Waals surface area contributed by atoms with E-state index in [1.165, 1.54) is 42.5 Å². The van der Waals surface area contributed by atoms with E-state index in [1.54, 1.807) is 0 Å². The lowest BCUT2D eigenvalue weighted by Crippen LogP contribution is -2.29. The first kappa shape index (κ1) is 26.3. The zero-order chi connectivity index (χ0) is 27.2. The minimum Gasteiger partial charge on any atom is -0.462 e. The third kappa shape index (κ3) is 6.12. The first-order valence-electron chi connectivity index (χ1n) is 12.0. The Morgan fingerprint density at radius 2 is 1.42 bits per heavy atom. The minimum absolute atomic E-state index is 0.0449. The van der Waals surface area contributed by atoms with Gasteiger partial charge in [-0.25, -0.2) is 9.59 Å². The van der Waals surface area contributed by atoms with Gasteiger partial charge in [-0.05, 0) is 53.9 Å². The molecular formula is C29H26N2O7. The molecule has 0 radical (unpaired) electrons. The SMILES string of the molecule is CC(C)COC(=O)c1ccc(NC(=O)COC(=O)c2ccc3c(c2)C(=O)N(Cc2ccccc2)C3=O)cc1. The lowest BCUT2D eigenvalue weighted by molar-refractivity contribution is -0.119. The number of amides is 3. The van der Waals surface area contributed by atoms with Crippen molar-refractivity contribution in [3.05, 3.63) is 101 Å². The predicted octanol–water partition coefficient (Wildman–Crippen LogP) is 4.09. The fraction of sp³-hybridized carbons (Fsp3) is 0.207. The molecule has 1 N–H and O–H groups in total. The van der Waals surface area contributed by atoms with Crippen molar-refractivity contribution >= 4 is 35.3 Å². The number of ether oxygens (including phenoxy) is 2. The summed E-state index contributed by atoms with van der Waals surface area (Å²) in [7, 11) is 0. The number of hydrogen-bond acceptors (Lipinski definition) is 7. The smallest absolute Gasteiger partial charge is 0.338 e. The van der Waals surface area contributed by atoms with Crippen LogP contribution in [0.3, 0.4) is 0 Å². The molecule has 38 heavy (non-hydrogen) atoms. The molecule has 9 heteroatoms. The maximum atomic E-state index is 12.8. The molecule has 3 amide bonds. The number of rotatable bonds is 9. The fourth-order valence-electron chi connectivity index (χ4n) is 3.75. The highest BCUT2D eigenvalue weighted by Crippen LogP contribution is 2.26. The number of carbonyl (C=O) groups is 5. The third-order valence-electron chi connectivity index (χ3n) is 5.68. The number of nitrogens with one attached hydrogen (secondary N) is 1. The summed E-state index contributed by atoms with van der Waals surface area (Å²) >= 11 is 0. The van der Waals surface area contributed by atoms with Crippen molar-refractivity contribution in [2.75, 3.05) is 18.5 Å². The Labute approximate surface area is 219 Å². The summed E-state index contributed by atoms with van der Waals surface area (Å²) in [6.45, 7) is 3.73. The van der Waals surface area contributed by atoms with Crippen LogP contribution in [0.25, 0.3) is 0 Å². The number of carbonyl (C=O) groups excluding carboxylic acids is 5. The van der Waals surface area contributed by atoms with Gasteiger partial charge >= 0.3 is 11.9 Å². The van der Waals surface area contributed by atoms with Crippen molar-refractivity contribution in [1.29, 1.82) is 0 Å². The van der Waals surface area contributed by atoms with Crippen LogP contribution in [0.5, 0.6) is 0 Å². The Morgan fingerprint density at radius 1 is 0.789 bits per heavy atom. The molecular weight excluding hydrogens is 488 g/mol. The summed E-state index contributed by atoms with van der Waals surface area (Å²) in [5.74, 6) is -2.58. The van der Waals surface area contributed by atoms with E-state index in [2.05, 4.69) is 5.32 Å². The average molecular weight is 515 g/mol. The molecule has 1 heterocycles. The van der Waals surface area contributed by atoms with Crippen LogP contribution in [0.1, 0.15) is 60.8 Å². The van der Waals surface area contributed by atoms with E-state index in [0.29, 0.717) is 17.9 Å². The zero-order valence-corrected chi connectivity index (χ0v) is 20.9. The molecule has 9 nitrogen and oxygen atoms in total. The van der Waals surface area contributed by atoms with Crippen molar-refractivity contribution in [3.63, 3.8) is 0 Å². The molecule has 0 atom stereocenters. The van der Waals surface area contributed by atoms with E-state index in [-0.39, 0.29) is 29.2 Å². The Kier molecular flexibility index (Phi) is 7.96. The van der Waals surface area contributed by atoms with E-state index in [1.807, 2.05) is 44.2 Å². The average Bonchev–Trinajstić information content (AvgIpc) is 3.15. The lowest BCUT2D eigenvalue weighted by Gasteiger charge is -2.13. The van der Waals surface area contributed by atoms with Crippen LogP contribution in [0, 0.1) is 5.92 Å². The molecule has 0 saturated heterocycles. The summed E-state index contributed by atoms with van der Waals surface area (Å²) in [4.78, 5) is 63.5. The molecule has 4 rings (SSSR count). The monoisotopic (exact) mass is 514 g/mol. The van der Waals surface area contributed by atoms with Gasteiger partial charge in [-0.15, -0.1) is 0 Å². The molecule has 0 fully saturated rings. The second-order valence-corrected chi connectivity index (χ2v) is 9.14. The lowest BCUT2D eigenvalue weighted by atomic mass is 10.1. The molecule has 3 aromatic carbocycles. The first-order valence-corrected chi connectivity index (χ1v) is 12.0. The number of anilines is 1. The van der Waals surface area contributed by atoms with Crippen LogP contribution in [-0.2, 0) is 20.8 Å². The molecule has 3 aromatic rings. The predicted molar refractivity (Wildman–Crippen MR) is 138 cm³/mol. The van der Waals surface area contributed by atoms with Gasteiger partial charge in [0.25, 0.3) is 17.7 Å². The number of esters is 2. The maximum Gasteiger partial charge on any atom is 0.338 e. The summed E-state index contributed by atoms with van der Waals surface area (Å²) in [5.41, 5.74) is 1.92. The van der Waals surface area contributed by atoms with Gasteiger partial charge in [0.15, 0.2) is 6.61 Å². The van der Waals surface area contributed by atoms with Crippen LogP contribution in [0.4, 0.5) is 5.69 Å². The first-order chi connectivity index (χ1) is 18.2. The number of hydrogen-bond donors (Lipinski definition) is 1. The number of imide groups is 1. The standard InChI is InChI=1S/C29H26N2O7/c1-18(2)16-37-28(35)20-8-11-22(12-9-20)30-25(32)17-38-29(36)21-10-13-23-24(14-21)27(34)31(26(23)33)15-19-6-4-3-5-7-19/h3-14,18H,15-17H2,1-2H3,(H,30,32). The maximum absolute atomic E-state index is 12.8. The van der Waals surface area contributed by atoms with Crippen LogP contribution in [0.15, 0.2) is 72.8 Å². The number of fused-ring (bicyclic) bond motifs is 1. The third-order valence-corrected chi connectivity index (χ3v) is 5.68. The van der Waals surface area contributed by atoms with Crippen molar-refractivity contribution in [2.45, 2.75) is 20.4 Å². The molecule has 0 unspecified atom stereocenters. The number of nitrogens with zero attached hydrogens (tertiary/aromatic N) is 1. The van der Waals surface area contributed by atoms with Crippen LogP contribution in [0.2, 0.25) is 0 Å². The molecule has 0 saturated carbocycles. The van der Waals surface area contributed by atoms with Gasteiger partial charge < -0.3 is 14.8 Å². The molecule has 0 aliphatic carbocycles. The Hall–Kier alpha value is -4.79. The zero-order valence-electron chi connectivity index (χ0n) is 20.9. The van der Waals surface area contributed by atoms with Gasteiger partial charge in [0, 0.05) is 5.69 Å². The van der Waals surface area contributed by atoms with Gasteiger partial charge in [-0.2, -0.15) is 0 Å². The minimum atomic E-state index is -0.812. The largest absolute Gasteiger partial charge is 0.462 e. The summed E-state index contributed by atoms with van der Waals surface area (Å²) in [5, 5.41) is 2.57. The van der Waals surface area contributed by atoms with E-state index in [4.69, 9.17) is 9.47 Å². The van der Waals surface area contributed by atoms with Gasteiger partial charge in [0.2, 0.25) is 0 Å². The van der Waals surface area contributed by atoms with Crippen LogP contribution < -0.4 is 5.32 Å². The van der Waals surface area contributed by atoms with Gasteiger partial charge in [0.05, 0.1) is 35.4 Å². The highest BCUT2D eigenvalue weighted by Gasteiger charge is 2.36. The Morgan fingerprint density at radius 3 is 2.11 bits per heavy atom. The highest BCUT2D eigenvalue weighted by atomic mass is 16.5. The molecule has 194 valence electrons. The number of benzene rings is 3. The quantitative estimate of drug-likeness (QED) is 0.337. The van der Waals surface area contributed by atoms with Gasteiger partial charge in [-0.3, -0.25) is 19.3 Å². The molecule has 0 aromatic heterocycles. The highest BCUT2D eigenvalue weighted by molar-refractivity contribution is 6.21. The molecule has 0 bridgehead atoms. The summed E-state index contributed by atoms with van der Waals surface area (Å²) in [6, 6.07) is 19.3. The van der Waals surface area contributed by atoms with E-state index in [0.717, 1.165) is 10.5 Å². The second-order valence-electron chi connectivity index (χ2n) is 9.14. The topological polar surface area (TPSA) is 119 Å². The van der Waals surface area contributed by atoms with Gasteiger partial charge in [0.1, 0.15) is 0 Å². The normalized spacial score (nSPS) is 12.3. The summed E-state index contributed by atoms with van der Waals surface area (Å²) in [6.07, 6.45) is 0. The van der Waals surface area contributed by atoms with Crippen molar-refractivity contribution in [1.82, 2.24) is 4.90 Å². The van der Waals surface area contributed by atoms with Crippen molar-refractivity contribution < 1.29 is 33.4 Å². The van der Waals surface area contributed by atoms with E-state index >= 15 is 0 Å². The van der Waals surface area contributed by atoms with Crippen molar-refractivity contribution in [3.8, 4) is 0 Å². The second kappa shape index (κ2) is 11.5. The molecule has 0 spiro atoms. The summed E-state index contributed by atoms with van der Waals surface area (Å²) < 4.78 is 10.3. The van der Waals surface area contributed by atoms with E-state index < -0.39 is 36.3 Å². The van der Waals surface area contributed by atoms with Gasteiger partial charge in [-0.1, -0.05) is 44.2 Å². The van der Waals surface area contributed by atoms with E-state index in [9.17, 15) is 24.0 Å². The van der Waals surface area contributed by atoms with Crippen LogP contribution in [-0.4, -0.2) is 47.8 Å². The molecule has 1 aliphatic rings.